The van der Waals surface area contributed by atoms with Crippen LogP contribution in [0.25, 0.3) is 0 Å². The number of hydrogen-bond acceptors (Lipinski definition) is 4. The third kappa shape index (κ3) is 4.77. The highest BCUT2D eigenvalue weighted by Gasteiger charge is 2.29. The topological polar surface area (TPSA) is 74.3 Å². The van der Waals surface area contributed by atoms with Crippen molar-refractivity contribution in [2.45, 2.75) is 32.6 Å². The monoisotopic (exact) mass is 330 g/mol. The molecule has 24 heavy (non-hydrogen) atoms. The van der Waals surface area contributed by atoms with E-state index in [-0.39, 0.29) is 17.7 Å². The Bertz CT molecular complexity index is 600. The maximum Gasteiger partial charge on any atom is 0.236 e. The summed E-state index contributed by atoms with van der Waals surface area (Å²) in [5.41, 5.74) is 0.870. The van der Waals surface area contributed by atoms with Crippen molar-refractivity contribution in [2.75, 3.05) is 31.5 Å². The zero-order chi connectivity index (χ0) is 16.9. The summed E-state index contributed by atoms with van der Waals surface area (Å²) in [5, 5.41) is 6.11. The lowest BCUT2D eigenvalue weighted by Gasteiger charge is -2.32. The summed E-state index contributed by atoms with van der Waals surface area (Å²) in [4.78, 5) is 30.9. The Kier molecular flexibility index (Phi) is 5.45. The van der Waals surface area contributed by atoms with Crippen molar-refractivity contribution in [3.8, 4) is 0 Å². The van der Waals surface area contributed by atoms with Gasteiger partial charge in [0.15, 0.2) is 0 Å². The summed E-state index contributed by atoms with van der Waals surface area (Å²) in [7, 11) is 0. The first-order chi connectivity index (χ1) is 11.6. The number of pyridine rings is 1. The Morgan fingerprint density at radius 2 is 2.12 bits per heavy atom. The number of amides is 2. The van der Waals surface area contributed by atoms with Gasteiger partial charge in [-0.2, -0.15) is 0 Å². The molecular formula is C18H26N4O2. The number of aromatic nitrogens is 1. The summed E-state index contributed by atoms with van der Waals surface area (Å²) >= 11 is 0. The molecule has 2 aliphatic rings. The van der Waals surface area contributed by atoms with E-state index >= 15 is 0 Å². The van der Waals surface area contributed by atoms with Crippen molar-refractivity contribution in [1.82, 2.24) is 15.2 Å². The average molecular weight is 330 g/mol. The minimum absolute atomic E-state index is 0.0449. The van der Waals surface area contributed by atoms with Gasteiger partial charge in [-0.3, -0.25) is 9.59 Å². The molecule has 0 spiro atoms. The second-order valence-electron chi connectivity index (χ2n) is 6.91. The van der Waals surface area contributed by atoms with Crippen molar-refractivity contribution in [3.63, 3.8) is 0 Å². The Labute approximate surface area is 143 Å². The van der Waals surface area contributed by atoms with E-state index in [0.717, 1.165) is 37.5 Å². The Hall–Kier alpha value is -1.95. The quantitative estimate of drug-likeness (QED) is 0.830. The fourth-order valence-corrected chi connectivity index (χ4v) is 3.08. The number of nitrogens with one attached hydrogen (secondary N) is 2. The molecule has 1 saturated heterocycles. The molecule has 1 atom stereocenters. The van der Waals surface area contributed by atoms with Gasteiger partial charge in [-0.15, -0.1) is 0 Å². The van der Waals surface area contributed by atoms with Crippen molar-refractivity contribution in [2.24, 2.45) is 11.8 Å². The predicted molar refractivity (Wildman–Crippen MR) is 92.5 cm³/mol. The molecule has 0 radical (unpaired) electrons. The van der Waals surface area contributed by atoms with Gasteiger partial charge in [0.1, 0.15) is 5.82 Å². The molecular weight excluding hydrogens is 304 g/mol. The van der Waals surface area contributed by atoms with Crippen LogP contribution in [0.15, 0.2) is 18.2 Å². The number of hydrogen-bond donors (Lipinski definition) is 2. The van der Waals surface area contributed by atoms with E-state index in [0.29, 0.717) is 18.9 Å². The Morgan fingerprint density at radius 1 is 1.29 bits per heavy atom. The van der Waals surface area contributed by atoms with Gasteiger partial charge in [0.2, 0.25) is 11.8 Å². The predicted octanol–water partition coefficient (Wildman–Crippen LogP) is 1.57. The maximum atomic E-state index is 12.5. The van der Waals surface area contributed by atoms with Crippen molar-refractivity contribution in [1.29, 1.82) is 0 Å². The van der Waals surface area contributed by atoms with E-state index < -0.39 is 0 Å². The summed E-state index contributed by atoms with van der Waals surface area (Å²) in [5.74, 6) is 1.24. The minimum Gasteiger partial charge on any atom is -0.341 e. The maximum absolute atomic E-state index is 12.5. The molecule has 130 valence electrons. The molecule has 1 aromatic heterocycles. The van der Waals surface area contributed by atoms with E-state index in [4.69, 9.17) is 0 Å². The highest BCUT2D eigenvalue weighted by atomic mass is 16.2. The number of carbonyl (C=O) groups is 2. The molecule has 1 saturated carbocycles. The van der Waals surface area contributed by atoms with Crippen molar-refractivity contribution in [3.05, 3.63) is 23.9 Å². The number of rotatable bonds is 6. The van der Waals surface area contributed by atoms with Crippen LogP contribution in [0.2, 0.25) is 0 Å². The third-order valence-corrected chi connectivity index (χ3v) is 4.69. The normalized spacial score (nSPS) is 20.7. The molecule has 6 nitrogen and oxygen atoms in total. The molecule has 0 aromatic carbocycles. The van der Waals surface area contributed by atoms with E-state index in [1.165, 1.54) is 12.8 Å². The number of carbonyl (C=O) groups excluding carboxylic acids is 2. The Morgan fingerprint density at radius 3 is 2.88 bits per heavy atom. The molecule has 2 amide bonds. The SMILES string of the molecule is Cc1cccc(NC(=O)C2CCCN(C(=O)CNCC3CC3)C2)n1. The first-order valence-corrected chi connectivity index (χ1v) is 8.85. The number of piperidine rings is 1. The summed E-state index contributed by atoms with van der Waals surface area (Å²) in [6.07, 6.45) is 4.24. The van der Waals surface area contributed by atoms with Crippen molar-refractivity contribution >= 4 is 17.6 Å². The van der Waals surface area contributed by atoms with Crippen LogP contribution in [0.1, 0.15) is 31.4 Å². The van der Waals surface area contributed by atoms with Crippen LogP contribution in [0, 0.1) is 18.8 Å². The minimum atomic E-state index is -0.159. The van der Waals surface area contributed by atoms with E-state index in [1.807, 2.05) is 24.0 Å². The molecule has 0 bridgehead atoms. The summed E-state index contributed by atoms with van der Waals surface area (Å²) in [6, 6.07) is 5.56. The lowest BCUT2D eigenvalue weighted by molar-refractivity contribution is -0.133. The fraction of sp³-hybridized carbons (Fsp3) is 0.611. The smallest absolute Gasteiger partial charge is 0.236 e. The molecule has 2 N–H and O–H groups in total. The first-order valence-electron chi connectivity index (χ1n) is 8.85. The molecule has 1 unspecified atom stereocenters. The molecule has 2 heterocycles. The first kappa shape index (κ1) is 16.9. The number of aryl methyl sites for hydroxylation is 1. The van der Waals surface area contributed by atoms with Gasteiger partial charge < -0.3 is 15.5 Å². The molecule has 1 aliphatic carbocycles. The second kappa shape index (κ2) is 7.75. The molecule has 1 aromatic rings. The van der Waals surface area contributed by atoms with E-state index in [1.54, 1.807) is 6.07 Å². The third-order valence-electron chi connectivity index (χ3n) is 4.69. The molecule has 3 rings (SSSR count). The van der Waals surface area contributed by atoms with E-state index in [2.05, 4.69) is 15.6 Å². The summed E-state index contributed by atoms with van der Waals surface area (Å²) < 4.78 is 0. The zero-order valence-corrected chi connectivity index (χ0v) is 14.3. The van der Waals surface area contributed by atoms with Crippen LogP contribution in [0.4, 0.5) is 5.82 Å². The van der Waals surface area contributed by atoms with Gasteiger partial charge in [-0.25, -0.2) is 4.98 Å². The van der Waals surface area contributed by atoms with Gasteiger partial charge in [-0.05, 0) is 57.2 Å². The summed E-state index contributed by atoms with van der Waals surface area (Å²) in [6.45, 7) is 4.45. The number of anilines is 1. The van der Waals surface area contributed by atoms with Crippen LogP contribution < -0.4 is 10.6 Å². The molecule has 6 heteroatoms. The molecule has 1 aliphatic heterocycles. The van der Waals surface area contributed by atoms with Crippen LogP contribution in [0.5, 0.6) is 0 Å². The fourth-order valence-electron chi connectivity index (χ4n) is 3.08. The lowest BCUT2D eigenvalue weighted by atomic mass is 9.97. The number of nitrogens with zero attached hydrogens (tertiary/aromatic N) is 2. The van der Waals surface area contributed by atoms with Gasteiger partial charge in [0, 0.05) is 18.8 Å². The van der Waals surface area contributed by atoms with Crippen LogP contribution in [-0.4, -0.2) is 47.9 Å². The van der Waals surface area contributed by atoms with E-state index in [9.17, 15) is 9.59 Å². The zero-order valence-electron chi connectivity index (χ0n) is 14.3. The highest BCUT2D eigenvalue weighted by molar-refractivity contribution is 5.92. The van der Waals surface area contributed by atoms with Crippen LogP contribution in [-0.2, 0) is 9.59 Å². The van der Waals surface area contributed by atoms with Gasteiger partial charge in [-0.1, -0.05) is 6.07 Å². The van der Waals surface area contributed by atoms with Crippen LogP contribution >= 0.6 is 0 Å². The standard InChI is InChI=1S/C18H26N4O2/c1-13-4-2-6-16(20-13)21-18(24)15-5-3-9-22(12-15)17(23)11-19-10-14-7-8-14/h2,4,6,14-15,19H,3,5,7-12H2,1H3,(H,20,21,24). The average Bonchev–Trinajstić information content (AvgIpc) is 3.39. The van der Waals surface area contributed by atoms with Crippen LogP contribution in [0.3, 0.4) is 0 Å². The molecule has 2 fully saturated rings. The Balaban J connectivity index is 1.48. The highest BCUT2D eigenvalue weighted by Crippen LogP contribution is 2.27. The lowest BCUT2D eigenvalue weighted by Crippen LogP contribution is -2.46. The van der Waals surface area contributed by atoms with Gasteiger partial charge >= 0.3 is 0 Å². The number of likely N-dealkylation sites (tertiary alicyclic amines) is 1. The van der Waals surface area contributed by atoms with Crippen molar-refractivity contribution < 1.29 is 9.59 Å². The second-order valence-corrected chi connectivity index (χ2v) is 6.91. The van der Waals surface area contributed by atoms with Gasteiger partial charge in [0.05, 0.1) is 12.5 Å². The van der Waals surface area contributed by atoms with Gasteiger partial charge in [0.25, 0.3) is 0 Å². The largest absolute Gasteiger partial charge is 0.341 e.